The van der Waals surface area contributed by atoms with Crippen LogP contribution in [0, 0.1) is 11.7 Å². The van der Waals surface area contributed by atoms with Crippen molar-refractivity contribution in [2.75, 3.05) is 31.6 Å². The van der Waals surface area contributed by atoms with Gasteiger partial charge in [0.15, 0.2) is 5.13 Å². The van der Waals surface area contributed by atoms with Crippen LogP contribution in [0.1, 0.15) is 17.7 Å². The van der Waals surface area contributed by atoms with Crippen LogP contribution in [0.5, 0.6) is 5.75 Å². The van der Waals surface area contributed by atoms with Crippen molar-refractivity contribution < 1.29 is 9.13 Å². The van der Waals surface area contributed by atoms with Crippen LogP contribution < -0.4 is 15.4 Å². The Morgan fingerprint density at radius 2 is 2.17 bits per heavy atom. The maximum Gasteiger partial charge on any atom is 0.183 e. The smallest absolute Gasteiger partial charge is 0.183 e. The summed E-state index contributed by atoms with van der Waals surface area (Å²) >= 11 is 1.67. The first-order valence-corrected chi connectivity index (χ1v) is 8.98. The lowest BCUT2D eigenvalue weighted by Crippen LogP contribution is -2.31. The van der Waals surface area contributed by atoms with Crippen LogP contribution in [-0.2, 0) is 6.42 Å². The highest BCUT2D eigenvalue weighted by atomic mass is 35.5. The third kappa shape index (κ3) is 3.66. The standard InChI is InChI=1S/C17H20FN3OS.ClH/c18-12-1-2-14-13(9-12)16-15(5-8-22-14)23-17(21-16)20-10-11-3-6-19-7-4-11;/h1-2,9,11,19H,3-8,10H2,(H,20,21);1H. The van der Waals surface area contributed by atoms with Gasteiger partial charge in [0.1, 0.15) is 11.6 Å². The molecule has 2 aliphatic heterocycles. The van der Waals surface area contributed by atoms with Crippen molar-refractivity contribution in [2.45, 2.75) is 19.3 Å². The molecule has 0 unspecified atom stereocenters. The van der Waals surface area contributed by atoms with Crippen LogP contribution in [0.4, 0.5) is 9.52 Å². The molecule has 2 aromatic rings. The van der Waals surface area contributed by atoms with E-state index >= 15 is 0 Å². The van der Waals surface area contributed by atoms with Crippen molar-refractivity contribution in [2.24, 2.45) is 5.92 Å². The summed E-state index contributed by atoms with van der Waals surface area (Å²) in [5, 5.41) is 7.80. The van der Waals surface area contributed by atoms with Crippen molar-refractivity contribution in [1.29, 1.82) is 0 Å². The molecule has 0 spiro atoms. The van der Waals surface area contributed by atoms with E-state index in [1.807, 2.05) is 0 Å². The summed E-state index contributed by atoms with van der Waals surface area (Å²) in [5.74, 6) is 1.17. The highest BCUT2D eigenvalue weighted by Crippen LogP contribution is 2.39. The number of aromatic nitrogens is 1. The quantitative estimate of drug-likeness (QED) is 0.865. The summed E-state index contributed by atoms with van der Waals surface area (Å²) in [5.41, 5.74) is 1.64. The van der Waals surface area contributed by atoms with Crippen LogP contribution in [-0.4, -0.2) is 31.2 Å². The van der Waals surface area contributed by atoms with Gasteiger partial charge in [-0.2, -0.15) is 0 Å². The highest BCUT2D eigenvalue weighted by molar-refractivity contribution is 7.16. The van der Waals surface area contributed by atoms with Crippen LogP contribution in [0.2, 0.25) is 0 Å². The van der Waals surface area contributed by atoms with E-state index in [4.69, 9.17) is 9.72 Å². The highest BCUT2D eigenvalue weighted by Gasteiger charge is 2.21. The zero-order valence-electron chi connectivity index (χ0n) is 13.3. The Kier molecular flexibility index (Phi) is 5.58. The number of benzene rings is 1. The van der Waals surface area contributed by atoms with Crippen LogP contribution >= 0.6 is 23.7 Å². The molecule has 4 nitrogen and oxygen atoms in total. The van der Waals surface area contributed by atoms with E-state index in [0.717, 1.165) is 48.2 Å². The van der Waals surface area contributed by atoms with Gasteiger partial charge in [-0.15, -0.1) is 23.7 Å². The number of ether oxygens (including phenoxy) is 1. The second-order valence-electron chi connectivity index (χ2n) is 6.10. The maximum absolute atomic E-state index is 13.6. The minimum absolute atomic E-state index is 0. The third-order valence-corrected chi connectivity index (χ3v) is 5.55. The molecule has 1 saturated heterocycles. The monoisotopic (exact) mass is 369 g/mol. The lowest BCUT2D eigenvalue weighted by Gasteiger charge is -2.22. The van der Waals surface area contributed by atoms with Gasteiger partial charge in [0.25, 0.3) is 0 Å². The second-order valence-corrected chi connectivity index (χ2v) is 7.19. The molecule has 0 atom stereocenters. The summed E-state index contributed by atoms with van der Waals surface area (Å²) in [6.45, 7) is 3.78. The molecule has 0 amide bonds. The van der Waals surface area contributed by atoms with Crippen LogP contribution in [0.3, 0.4) is 0 Å². The zero-order valence-corrected chi connectivity index (χ0v) is 14.9. The summed E-state index contributed by atoms with van der Waals surface area (Å²) in [7, 11) is 0. The topological polar surface area (TPSA) is 46.2 Å². The predicted molar refractivity (Wildman–Crippen MR) is 98.0 cm³/mol. The van der Waals surface area contributed by atoms with E-state index in [1.54, 1.807) is 17.4 Å². The molecule has 1 fully saturated rings. The molecule has 4 rings (SSSR count). The molecule has 0 bridgehead atoms. The minimum Gasteiger partial charge on any atom is -0.493 e. The van der Waals surface area contributed by atoms with E-state index < -0.39 is 0 Å². The summed E-state index contributed by atoms with van der Waals surface area (Å²) < 4.78 is 19.3. The molecule has 1 aromatic heterocycles. The number of anilines is 1. The SMILES string of the molecule is Cl.Fc1ccc2c(c1)-c1nc(NCC3CCNCC3)sc1CCO2. The first kappa shape index (κ1) is 17.5. The van der Waals surface area contributed by atoms with Crippen molar-refractivity contribution >= 4 is 28.9 Å². The fraction of sp³-hybridized carbons (Fsp3) is 0.471. The van der Waals surface area contributed by atoms with Gasteiger partial charge in [-0.05, 0) is 50.0 Å². The molecule has 0 radical (unpaired) electrons. The van der Waals surface area contributed by atoms with Crippen molar-refractivity contribution in [3.05, 3.63) is 28.9 Å². The van der Waals surface area contributed by atoms with E-state index in [1.165, 1.54) is 29.9 Å². The molecule has 130 valence electrons. The largest absolute Gasteiger partial charge is 0.493 e. The lowest BCUT2D eigenvalue weighted by molar-refractivity contribution is 0.327. The predicted octanol–water partition coefficient (Wildman–Crippen LogP) is 3.72. The summed E-state index contributed by atoms with van der Waals surface area (Å²) in [6, 6.07) is 4.66. The molecule has 0 saturated carbocycles. The van der Waals surface area contributed by atoms with Gasteiger partial charge in [-0.25, -0.2) is 9.37 Å². The fourth-order valence-electron chi connectivity index (χ4n) is 3.19. The van der Waals surface area contributed by atoms with Gasteiger partial charge in [0.2, 0.25) is 0 Å². The number of hydrogen-bond acceptors (Lipinski definition) is 5. The summed E-state index contributed by atoms with van der Waals surface area (Å²) in [6.07, 6.45) is 3.23. The van der Waals surface area contributed by atoms with Crippen LogP contribution in [0.15, 0.2) is 18.2 Å². The number of halogens is 2. The normalized spacial score (nSPS) is 17.0. The average Bonchev–Trinajstić information content (AvgIpc) is 2.91. The number of piperidine rings is 1. The second kappa shape index (κ2) is 7.68. The van der Waals surface area contributed by atoms with Gasteiger partial charge in [-0.1, -0.05) is 0 Å². The molecule has 2 aliphatic rings. The molecule has 0 aliphatic carbocycles. The number of fused-ring (bicyclic) bond motifs is 3. The van der Waals surface area contributed by atoms with E-state index in [0.29, 0.717) is 12.5 Å². The average molecular weight is 370 g/mol. The van der Waals surface area contributed by atoms with Gasteiger partial charge in [0, 0.05) is 23.4 Å². The van der Waals surface area contributed by atoms with Crippen molar-refractivity contribution in [3.63, 3.8) is 0 Å². The molecule has 2 N–H and O–H groups in total. The Bertz CT molecular complexity index is 703. The van der Waals surface area contributed by atoms with Crippen molar-refractivity contribution in [1.82, 2.24) is 10.3 Å². The van der Waals surface area contributed by atoms with Gasteiger partial charge >= 0.3 is 0 Å². The molecule has 7 heteroatoms. The Balaban J connectivity index is 0.00000169. The molecular formula is C17H21ClFN3OS. The lowest BCUT2D eigenvalue weighted by atomic mass is 9.98. The molecular weight excluding hydrogens is 349 g/mol. The van der Waals surface area contributed by atoms with Gasteiger partial charge in [0.05, 0.1) is 12.3 Å². The Labute approximate surface area is 151 Å². The Hall–Kier alpha value is -1.37. The fourth-order valence-corrected chi connectivity index (χ4v) is 4.16. The number of rotatable bonds is 3. The van der Waals surface area contributed by atoms with Gasteiger partial charge < -0.3 is 15.4 Å². The van der Waals surface area contributed by atoms with E-state index in [9.17, 15) is 4.39 Å². The first-order valence-electron chi connectivity index (χ1n) is 8.16. The summed E-state index contributed by atoms with van der Waals surface area (Å²) in [4.78, 5) is 5.89. The first-order chi connectivity index (χ1) is 11.3. The molecule has 1 aromatic carbocycles. The van der Waals surface area contributed by atoms with Crippen molar-refractivity contribution in [3.8, 4) is 17.0 Å². The minimum atomic E-state index is -0.252. The number of nitrogens with one attached hydrogen (secondary N) is 2. The molecule has 3 heterocycles. The molecule has 24 heavy (non-hydrogen) atoms. The van der Waals surface area contributed by atoms with Crippen LogP contribution in [0.25, 0.3) is 11.3 Å². The number of nitrogens with zero attached hydrogens (tertiary/aromatic N) is 1. The van der Waals surface area contributed by atoms with E-state index in [2.05, 4.69) is 10.6 Å². The third-order valence-electron chi connectivity index (χ3n) is 4.48. The number of hydrogen-bond donors (Lipinski definition) is 2. The van der Waals surface area contributed by atoms with Gasteiger partial charge in [-0.3, -0.25) is 0 Å². The van der Waals surface area contributed by atoms with E-state index in [-0.39, 0.29) is 18.2 Å². The maximum atomic E-state index is 13.6. The number of thiazole rings is 1. The zero-order chi connectivity index (χ0) is 15.6. The Morgan fingerprint density at radius 3 is 3.00 bits per heavy atom. The Morgan fingerprint density at radius 1 is 1.33 bits per heavy atom.